The molecule has 1 N–H and O–H groups in total. The van der Waals surface area contributed by atoms with Crippen LogP contribution in [0.15, 0.2) is 47.5 Å². The molecule has 36 heavy (non-hydrogen) atoms. The minimum Gasteiger partial charge on any atom is -0.378 e. The fraction of sp³-hybridized carbons (Fsp3) is 0.333. The Morgan fingerprint density at radius 3 is 2.61 bits per heavy atom. The van der Waals surface area contributed by atoms with Crippen LogP contribution in [-0.2, 0) is 12.8 Å². The van der Waals surface area contributed by atoms with Crippen LogP contribution < -0.4 is 0 Å². The molecule has 0 amide bonds. The summed E-state index contributed by atoms with van der Waals surface area (Å²) in [4.78, 5) is 9.71. The minimum atomic E-state index is -1.12. The molecule has 0 aliphatic carbocycles. The highest BCUT2D eigenvalue weighted by atomic mass is 127. The van der Waals surface area contributed by atoms with Gasteiger partial charge in [-0.25, -0.2) is 9.37 Å². The monoisotopic (exact) mass is 614 g/mol. The second kappa shape index (κ2) is 10.6. The van der Waals surface area contributed by atoms with Crippen LogP contribution in [0, 0.1) is 21.2 Å². The summed E-state index contributed by atoms with van der Waals surface area (Å²) in [7, 11) is 0. The largest absolute Gasteiger partial charge is 0.378 e. The number of aliphatic imine (C=N–C) groups is 1. The van der Waals surface area contributed by atoms with Crippen LogP contribution in [0.5, 0.6) is 0 Å². The van der Waals surface area contributed by atoms with Gasteiger partial charge in [-0.1, -0.05) is 30.5 Å². The van der Waals surface area contributed by atoms with E-state index in [1.807, 2.05) is 25.1 Å². The number of hydrogen-bond acceptors (Lipinski definition) is 3. The van der Waals surface area contributed by atoms with Crippen molar-refractivity contribution in [3.05, 3.63) is 85.0 Å². The molecular weight excluding hydrogens is 586 g/mol. The normalized spacial score (nSPS) is 16.0. The SMILES string of the molecule is CC1=NC(C)Cc2c(-c3ccc(C#CC(C)(C)O)nc3[C@@H](C)Cc3cc(F)cc(I)c3)ccc(Cl)c21. The van der Waals surface area contributed by atoms with Crippen LogP contribution >= 0.6 is 34.2 Å². The Balaban J connectivity index is 1.87. The molecule has 0 saturated carbocycles. The third kappa shape index (κ3) is 6.16. The molecule has 0 saturated heterocycles. The highest BCUT2D eigenvalue weighted by molar-refractivity contribution is 14.1. The molecule has 4 rings (SSSR count). The number of aromatic nitrogens is 1. The van der Waals surface area contributed by atoms with E-state index < -0.39 is 5.60 Å². The molecule has 2 aromatic carbocycles. The Labute approximate surface area is 231 Å². The van der Waals surface area contributed by atoms with Crippen LogP contribution in [0.4, 0.5) is 4.39 Å². The predicted molar refractivity (Wildman–Crippen MR) is 154 cm³/mol. The molecule has 6 heteroatoms. The molecule has 0 spiro atoms. The van der Waals surface area contributed by atoms with Gasteiger partial charge in [0.25, 0.3) is 0 Å². The fourth-order valence-corrected chi connectivity index (χ4v) is 5.77. The second-order valence-corrected chi connectivity index (χ2v) is 11.7. The van der Waals surface area contributed by atoms with E-state index in [2.05, 4.69) is 60.4 Å². The van der Waals surface area contributed by atoms with Gasteiger partial charge in [-0.3, -0.25) is 4.99 Å². The first-order chi connectivity index (χ1) is 16.9. The first-order valence-electron chi connectivity index (χ1n) is 12.0. The maximum absolute atomic E-state index is 14.1. The van der Waals surface area contributed by atoms with Crippen molar-refractivity contribution in [2.24, 2.45) is 4.99 Å². The van der Waals surface area contributed by atoms with Crippen molar-refractivity contribution in [3.63, 3.8) is 0 Å². The highest BCUT2D eigenvalue weighted by Gasteiger charge is 2.25. The van der Waals surface area contributed by atoms with Gasteiger partial charge < -0.3 is 5.11 Å². The third-order valence-corrected chi connectivity index (χ3v) is 7.12. The van der Waals surface area contributed by atoms with E-state index in [-0.39, 0.29) is 17.8 Å². The standard InChI is InChI=1S/C30H29ClFIN2O/c1-17(12-20-14-21(32)16-22(33)15-20)29-25(7-6-23(35-29)10-11-30(4,5)36)24-8-9-27(31)28-19(3)34-18(2)13-26(24)28/h6-9,14-18,36H,12-13H2,1-5H3/t17-,18?/m0/s1. The summed E-state index contributed by atoms with van der Waals surface area (Å²) in [5.41, 5.74) is 6.48. The summed E-state index contributed by atoms with van der Waals surface area (Å²) in [6.45, 7) is 9.52. The molecule has 1 aliphatic rings. The maximum atomic E-state index is 14.1. The molecule has 1 unspecified atom stereocenters. The van der Waals surface area contributed by atoms with E-state index in [0.717, 1.165) is 43.7 Å². The van der Waals surface area contributed by atoms with E-state index in [9.17, 15) is 9.50 Å². The van der Waals surface area contributed by atoms with Crippen LogP contribution in [0.25, 0.3) is 11.1 Å². The van der Waals surface area contributed by atoms with Gasteiger partial charge in [-0.15, -0.1) is 0 Å². The number of nitrogens with zero attached hydrogens (tertiary/aromatic N) is 2. The number of aliphatic hydroxyl groups is 1. The molecule has 0 bridgehead atoms. The fourth-order valence-electron chi connectivity index (χ4n) is 4.75. The number of hydrogen-bond donors (Lipinski definition) is 1. The van der Waals surface area contributed by atoms with Gasteiger partial charge >= 0.3 is 0 Å². The Morgan fingerprint density at radius 1 is 1.19 bits per heavy atom. The average Bonchev–Trinajstić information content (AvgIpc) is 2.76. The first-order valence-corrected chi connectivity index (χ1v) is 13.4. The number of rotatable bonds is 4. The lowest BCUT2D eigenvalue weighted by molar-refractivity contribution is 0.143. The van der Waals surface area contributed by atoms with E-state index in [1.54, 1.807) is 19.9 Å². The highest BCUT2D eigenvalue weighted by Crippen LogP contribution is 2.38. The number of halogens is 3. The lowest BCUT2D eigenvalue weighted by Gasteiger charge is -2.25. The minimum absolute atomic E-state index is 0.0106. The van der Waals surface area contributed by atoms with Crippen LogP contribution in [-0.4, -0.2) is 27.4 Å². The van der Waals surface area contributed by atoms with Crippen LogP contribution in [0.3, 0.4) is 0 Å². The molecule has 3 aromatic rings. The van der Waals surface area contributed by atoms with E-state index in [1.165, 1.54) is 11.6 Å². The first kappa shape index (κ1) is 26.8. The molecule has 0 fully saturated rings. The van der Waals surface area contributed by atoms with E-state index in [4.69, 9.17) is 21.6 Å². The lowest BCUT2D eigenvalue weighted by Crippen LogP contribution is -2.18. The summed E-state index contributed by atoms with van der Waals surface area (Å²) < 4.78 is 15.0. The lowest BCUT2D eigenvalue weighted by atomic mass is 9.84. The smallest absolute Gasteiger partial charge is 0.124 e. The maximum Gasteiger partial charge on any atom is 0.124 e. The molecular formula is C30H29ClFIN2O. The van der Waals surface area contributed by atoms with Crippen LogP contribution in [0.2, 0.25) is 5.02 Å². The summed E-state index contributed by atoms with van der Waals surface area (Å²) in [5, 5.41) is 10.8. The number of fused-ring (bicyclic) bond motifs is 1. The van der Waals surface area contributed by atoms with Gasteiger partial charge in [0.2, 0.25) is 0 Å². The zero-order valence-electron chi connectivity index (χ0n) is 21.1. The summed E-state index contributed by atoms with van der Waals surface area (Å²) >= 11 is 8.76. The molecule has 2 atom stereocenters. The summed E-state index contributed by atoms with van der Waals surface area (Å²) in [6.07, 6.45) is 1.42. The number of benzene rings is 2. The van der Waals surface area contributed by atoms with Crippen molar-refractivity contribution in [2.75, 3.05) is 0 Å². The summed E-state index contributed by atoms with van der Waals surface area (Å²) in [6, 6.07) is 13.2. The van der Waals surface area contributed by atoms with Gasteiger partial charge in [0.1, 0.15) is 17.1 Å². The topological polar surface area (TPSA) is 45.5 Å². The van der Waals surface area contributed by atoms with Gasteiger partial charge in [0.05, 0.1) is 11.7 Å². The van der Waals surface area contributed by atoms with Crippen molar-refractivity contribution < 1.29 is 9.50 Å². The Morgan fingerprint density at radius 2 is 1.92 bits per heavy atom. The molecule has 2 heterocycles. The third-order valence-electron chi connectivity index (χ3n) is 6.18. The molecule has 0 radical (unpaired) electrons. The summed E-state index contributed by atoms with van der Waals surface area (Å²) in [5.74, 6) is 5.62. The van der Waals surface area contributed by atoms with Gasteiger partial charge in [-0.2, -0.15) is 0 Å². The molecule has 1 aromatic heterocycles. The Hall–Kier alpha value is -2.27. The van der Waals surface area contributed by atoms with E-state index in [0.29, 0.717) is 17.1 Å². The Bertz CT molecular complexity index is 1390. The van der Waals surface area contributed by atoms with Crippen molar-refractivity contribution in [2.45, 2.75) is 65.0 Å². The van der Waals surface area contributed by atoms with Crippen LogP contribution in [0.1, 0.15) is 68.6 Å². The molecule has 3 nitrogen and oxygen atoms in total. The number of pyridine rings is 1. The van der Waals surface area contributed by atoms with Gasteiger partial charge in [0, 0.05) is 31.3 Å². The quantitative estimate of drug-likeness (QED) is 0.246. The van der Waals surface area contributed by atoms with Gasteiger partial charge in [0.15, 0.2) is 0 Å². The second-order valence-electron chi connectivity index (χ2n) is 10.0. The van der Waals surface area contributed by atoms with Crippen molar-refractivity contribution in [1.29, 1.82) is 0 Å². The van der Waals surface area contributed by atoms with E-state index >= 15 is 0 Å². The van der Waals surface area contributed by atoms with Crippen molar-refractivity contribution >= 4 is 39.9 Å². The zero-order chi connectivity index (χ0) is 26.2. The average molecular weight is 615 g/mol. The predicted octanol–water partition coefficient (Wildman–Crippen LogP) is 7.37. The van der Waals surface area contributed by atoms with Gasteiger partial charge in [-0.05, 0) is 122 Å². The zero-order valence-corrected chi connectivity index (χ0v) is 24.0. The van der Waals surface area contributed by atoms with Crippen molar-refractivity contribution in [1.82, 2.24) is 4.98 Å². The molecule has 1 aliphatic heterocycles. The molecule has 186 valence electrons. The Kier molecular flexibility index (Phi) is 7.89. The van der Waals surface area contributed by atoms with Crippen molar-refractivity contribution in [3.8, 4) is 23.0 Å².